The zero-order valence-corrected chi connectivity index (χ0v) is 11.9. The van der Waals surface area contributed by atoms with Gasteiger partial charge in [-0.05, 0) is 36.2 Å². The Morgan fingerprint density at radius 3 is 2.57 bits per heavy atom. The van der Waals surface area contributed by atoms with E-state index in [-0.39, 0.29) is 0 Å². The third kappa shape index (κ3) is 2.88. The molecule has 2 aromatic carbocycles. The first-order valence-corrected chi connectivity index (χ1v) is 7.07. The van der Waals surface area contributed by atoms with Gasteiger partial charge in [-0.25, -0.2) is 0 Å². The van der Waals surface area contributed by atoms with Crippen molar-refractivity contribution >= 4 is 10.9 Å². The minimum Gasteiger partial charge on any atom is -0.455 e. The fourth-order valence-corrected chi connectivity index (χ4v) is 2.28. The van der Waals surface area contributed by atoms with Gasteiger partial charge in [-0.1, -0.05) is 37.3 Å². The summed E-state index contributed by atoms with van der Waals surface area (Å²) >= 11 is 0. The van der Waals surface area contributed by atoms with Crippen molar-refractivity contribution in [2.24, 2.45) is 0 Å². The van der Waals surface area contributed by atoms with Crippen LogP contribution in [0.4, 0.5) is 0 Å². The molecule has 0 saturated heterocycles. The summed E-state index contributed by atoms with van der Waals surface area (Å²) in [5.41, 5.74) is 1.75. The van der Waals surface area contributed by atoms with Gasteiger partial charge >= 0.3 is 0 Å². The fraction of sp³-hybridized carbons (Fsp3) is 0.167. The summed E-state index contributed by atoms with van der Waals surface area (Å²) in [6.45, 7) is 1.96. The number of benzene rings is 2. The first-order chi connectivity index (χ1) is 10.3. The Kier molecular flexibility index (Phi) is 3.84. The largest absolute Gasteiger partial charge is 0.455 e. The average molecular weight is 279 g/mol. The Labute approximate surface area is 123 Å². The molecular formula is C18H17NO2. The molecule has 3 nitrogen and oxygen atoms in total. The number of aliphatic hydroxyl groups is 1. The fourth-order valence-electron chi connectivity index (χ4n) is 2.28. The summed E-state index contributed by atoms with van der Waals surface area (Å²) < 4.78 is 5.92. The SMILES string of the molecule is CC[C@@H](O)c1ccc(Oc2cccc3cccnc23)cc1. The molecule has 3 heteroatoms. The van der Waals surface area contributed by atoms with Crippen LogP contribution in [0, 0.1) is 0 Å². The molecule has 0 amide bonds. The Hall–Kier alpha value is -2.39. The number of pyridine rings is 1. The van der Waals surface area contributed by atoms with E-state index in [4.69, 9.17) is 4.74 Å². The number of para-hydroxylation sites is 1. The molecule has 0 spiro atoms. The van der Waals surface area contributed by atoms with E-state index in [1.54, 1.807) is 6.20 Å². The molecule has 0 saturated carbocycles. The van der Waals surface area contributed by atoms with Crippen LogP contribution in [0.15, 0.2) is 60.8 Å². The molecule has 0 unspecified atom stereocenters. The number of hydrogen-bond donors (Lipinski definition) is 1. The van der Waals surface area contributed by atoms with Gasteiger partial charge in [-0.3, -0.25) is 4.98 Å². The van der Waals surface area contributed by atoms with Crippen LogP contribution >= 0.6 is 0 Å². The van der Waals surface area contributed by atoms with E-state index in [9.17, 15) is 5.11 Å². The molecule has 3 rings (SSSR count). The summed E-state index contributed by atoms with van der Waals surface area (Å²) in [5, 5.41) is 10.8. The van der Waals surface area contributed by atoms with Crippen LogP contribution in [0.2, 0.25) is 0 Å². The van der Waals surface area contributed by atoms with Crippen LogP contribution in [0.5, 0.6) is 11.5 Å². The van der Waals surface area contributed by atoms with Gasteiger partial charge in [0.1, 0.15) is 11.3 Å². The van der Waals surface area contributed by atoms with E-state index in [1.165, 1.54) is 0 Å². The molecule has 0 bridgehead atoms. The zero-order valence-electron chi connectivity index (χ0n) is 11.9. The third-order valence-electron chi connectivity index (χ3n) is 3.48. The van der Waals surface area contributed by atoms with Gasteiger partial charge in [0.15, 0.2) is 5.75 Å². The highest BCUT2D eigenvalue weighted by Gasteiger charge is 2.07. The highest BCUT2D eigenvalue weighted by molar-refractivity contribution is 5.84. The maximum absolute atomic E-state index is 9.80. The van der Waals surface area contributed by atoms with Gasteiger partial charge < -0.3 is 9.84 Å². The van der Waals surface area contributed by atoms with E-state index in [1.807, 2.05) is 61.5 Å². The van der Waals surface area contributed by atoms with Crippen LogP contribution in [0.25, 0.3) is 10.9 Å². The molecule has 21 heavy (non-hydrogen) atoms. The second-order valence-corrected chi connectivity index (χ2v) is 4.93. The summed E-state index contributed by atoms with van der Waals surface area (Å²) in [4.78, 5) is 4.37. The molecule has 0 radical (unpaired) electrons. The lowest BCUT2D eigenvalue weighted by molar-refractivity contribution is 0.173. The minimum atomic E-state index is -0.418. The maximum atomic E-state index is 9.80. The van der Waals surface area contributed by atoms with Crippen LogP contribution in [0.3, 0.4) is 0 Å². The summed E-state index contributed by atoms with van der Waals surface area (Å²) in [6, 6.07) is 17.3. The predicted octanol–water partition coefficient (Wildman–Crippen LogP) is 4.47. The van der Waals surface area contributed by atoms with Crippen molar-refractivity contribution < 1.29 is 9.84 Å². The number of ether oxygens (including phenoxy) is 1. The van der Waals surface area contributed by atoms with E-state index < -0.39 is 6.10 Å². The van der Waals surface area contributed by atoms with E-state index >= 15 is 0 Å². The molecule has 1 atom stereocenters. The highest BCUT2D eigenvalue weighted by Crippen LogP contribution is 2.29. The van der Waals surface area contributed by atoms with Crippen molar-refractivity contribution in [3.8, 4) is 11.5 Å². The van der Waals surface area contributed by atoms with E-state index in [0.29, 0.717) is 6.42 Å². The van der Waals surface area contributed by atoms with Crippen molar-refractivity contribution in [2.45, 2.75) is 19.4 Å². The molecule has 0 aliphatic carbocycles. The van der Waals surface area contributed by atoms with Crippen molar-refractivity contribution in [2.75, 3.05) is 0 Å². The first kappa shape index (κ1) is 13.6. The van der Waals surface area contributed by atoms with Crippen molar-refractivity contribution in [1.82, 2.24) is 4.98 Å². The van der Waals surface area contributed by atoms with Crippen LogP contribution in [0.1, 0.15) is 25.0 Å². The van der Waals surface area contributed by atoms with Crippen LogP contribution in [-0.4, -0.2) is 10.1 Å². The molecule has 0 aliphatic rings. The van der Waals surface area contributed by atoms with Gasteiger partial charge in [-0.15, -0.1) is 0 Å². The zero-order chi connectivity index (χ0) is 14.7. The number of hydrogen-bond acceptors (Lipinski definition) is 3. The normalized spacial score (nSPS) is 12.3. The molecule has 106 valence electrons. The number of fused-ring (bicyclic) bond motifs is 1. The molecule has 3 aromatic rings. The molecule has 0 aliphatic heterocycles. The first-order valence-electron chi connectivity index (χ1n) is 7.07. The van der Waals surface area contributed by atoms with Gasteiger partial charge in [0.2, 0.25) is 0 Å². The number of aliphatic hydroxyl groups excluding tert-OH is 1. The lowest BCUT2D eigenvalue weighted by Crippen LogP contribution is -1.94. The highest BCUT2D eigenvalue weighted by atomic mass is 16.5. The Morgan fingerprint density at radius 1 is 1.05 bits per heavy atom. The second-order valence-electron chi connectivity index (χ2n) is 4.93. The monoisotopic (exact) mass is 279 g/mol. The maximum Gasteiger partial charge on any atom is 0.153 e. The summed E-state index contributed by atoms with van der Waals surface area (Å²) in [6.07, 6.45) is 2.04. The second kappa shape index (κ2) is 5.94. The van der Waals surface area contributed by atoms with Crippen molar-refractivity contribution in [3.05, 3.63) is 66.4 Å². The summed E-state index contributed by atoms with van der Waals surface area (Å²) in [5.74, 6) is 1.47. The topological polar surface area (TPSA) is 42.4 Å². The van der Waals surface area contributed by atoms with Crippen molar-refractivity contribution in [1.29, 1.82) is 0 Å². The number of nitrogens with zero attached hydrogens (tertiary/aromatic N) is 1. The van der Waals surface area contributed by atoms with Gasteiger partial charge in [0, 0.05) is 11.6 Å². The number of rotatable bonds is 4. The van der Waals surface area contributed by atoms with Crippen molar-refractivity contribution in [3.63, 3.8) is 0 Å². The Balaban J connectivity index is 1.88. The lowest BCUT2D eigenvalue weighted by Gasteiger charge is -2.11. The summed E-state index contributed by atoms with van der Waals surface area (Å²) in [7, 11) is 0. The molecule has 1 N–H and O–H groups in total. The van der Waals surface area contributed by atoms with Gasteiger partial charge in [0.25, 0.3) is 0 Å². The molecular weight excluding hydrogens is 262 g/mol. The quantitative estimate of drug-likeness (QED) is 0.766. The number of aromatic nitrogens is 1. The van der Waals surface area contributed by atoms with Gasteiger partial charge in [-0.2, -0.15) is 0 Å². The molecule has 1 aromatic heterocycles. The smallest absolute Gasteiger partial charge is 0.153 e. The van der Waals surface area contributed by atoms with Crippen LogP contribution < -0.4 is 4.74 Å². The van der Waals surface area contributed by atoms with Crippen LogP contribution in [-0.2, 0) is 0 Å². The third-order valence-corrected chi connectivity index (χ3v) is 3.48. The van der Waals surface area contributed by atoms with Gasteiger partial charge in [0.05, 0.1) is 6.10 Å². The lowest BCUT2D eigenvalue weighted by atomic mass is 10.1. The predicted molar refractivity (Wildman–Crippen MR) is 83.5 cm³/mol. The minimum absolute atomic E-state index is 0.418. The Morgan fingerprint density at radius 2 is 1.81 bits per heavy atom. The average Bonchev–Trinajstić information content (AvgIpc) is 2.55. The van der Waals surface area contributed by atoms with E-state index in [2.05, 4.69) is 4.98 Å². The standard InChI is InChI=1S/C18H17NO2/c1-2-16(20)13-8-10-15(11-9-13)21-17-7-3-5-14-6-4-12-19-18(14)17/h3-12,16,20H,2H2,1H3/t16-/m1/s1. The van der Waals surface area contributed by atoms with E-state index in [0.717, 1.165) is 28.0 Å². The Bertz CT molecular complexity index is 732. The molecule has 1 heterocycles. The molecule has 0 fully saturated rings.